The van der Waals surface area contributed by atoms with Crippen LogP contribution < -0.4 is 5.32 Å². The number of rotatable bonds is 64. The third-order valence-electron chi connectivity index (χ3n) is 17.1. The first kappa shape index (κ1) is 82.9. The second-order valence-corrected chi connectivity index (χ2v) is 25.3. The number of unbranched alkanes of at least 4 members (excludes halogenated alkanes) is 38. The molecule has 7 unspecified atom stereocenters. The summed E-state index contributed by atoms with van der Waals surface area (Å²) in [5, 5.41) is 54.8. The lowest BCUT2D eigenvalue weighted by Gasteiger charge is -2.40. The number of carbonyl (C=O) groups excluding carboxylic acids is 1. The zero-order valence-electron chi connectivity index (χ0n) is 57.0. The number of nitrogens with one attached hydrogen (secondary N) is 1. The Bertz CT molecular complexity index is 1760. The lowest BCUT2D eigenvalue weighted by Crippen LogP contribution is -2.60. The van der Waals surface area contributed by atoms with Gasteiger partial charge in [0.05, 0.1) is 25.4 Å². The normalized spacial score (nSPS) is 18.6. The number of aliphatic hydroxyl groups is 5. The molecule has 0 aromatic carbocycles. The fraction of sp³-hybridized carbons (Fsp3) is 0.759. The lowest BCUT2D eigenvalue weighted by molar-refractivity contribution is -0.302. The molecular weight excluding hydrogens is 1090 g/mol. The number of ether oxygens (including phenoxy) is 2. The van der Waals surface area contributed by atoms with E-state index in [1.807, 2.05) is 6.08 Å². The summed E-state index contributed by atoms with van der Waals surface area (Å²) in [4.78, 5) is 13.1. The SMILES string of the molecule is CC/C=C\C/C=C\C/C=C\C/C=C\C/C=C\C/C=C\C/C=C\CCCCCCCCCCCCCCCCCC(=O)NC(COC1OC(CO)C(O)C(O)C1O)C(O)/C=C/CC/C=C/CCCCCCCCCCCCCCCCCCCCCCCC. The Labute approximate surface area is 542 Å². The highest BCUT2D eigenvalue weighted by Crippen LogP contribution is 2.23. The van der Waals surface area contributed by atoms with Crippen LogP contribution in [0.25, 0.3) is 0 Å². The molecule has 1 heterocycles. The standard InChI is InChI=1S/C79H139NO8/c1-3-5-7-9-11-13-15-17-19-21-23-25-27-29-31-33-34-35-36-37-38-39-40-41-43-45-47-49-51-53-55-57-59-61-63-65-67-69-75(83)80-72(71-87-79-78(86)77(85)76(84)74(70-81)88-79)73(82)68-66-64-62-60-58-56-54-52-50-48-46-44-42-32-30-28-26-24-22-20-18-16-14-12-10-8-6-4-2/h5,7,11,13,17,19,23,25,29,31,34-35,37-38,58,60,66,68,72-74,76-79,81-82,84-86H,3-4,6,8-10,12,14-16,18,20-22,24,26-28,30,32-33,36,39-57,59,61-65,67,69-71H2,1-2H3,(H,80,83)/b7-5-,13-11-,19-17-,25-23-,31-29-,35-34-,38-37-,60-58+,68-66+. The van der Waals surface area contributed by atoms with Crippen LogP contribution in [-0.4, -0.2) is 87.5 Å². The Kier molecular flexibility index (Phi) is 62.9. The predicted molar refractivity (Wildman–Crippen MR) is 377 cm³/mol. The van der Waals surface area contributed by atoms with Crippen LogP contribution in [0.4, 0.5) is 0 Å². The summed E-state index contributed by atoms with van der Waals surface area (Å²) >= 11 is 0. The molecule has 9 heteroatoms. The highest BCUT2D eigenvalue weighted by atomic mass is 16.7. The number of allylic oxidation sites excluding steroid dienone is 17. The van der Waals surface area contributed by atoms with E-state index in [0.29, 0.717) is 6.42 Å². The van der Waals surface area contributed by atoms with Gasteiger partial charge in [0.2, 0.25) is 5.91 Å². The number of amides is 1. The van der Waals surface area contributed by atoms with E-state index in [4.69, 9.17) is 9.47 Å². The maximum atomic E-state index is 13.1. The average Bonchev–Trinajstić information content (AvgIpc) is 3.29. The summed E-state index contributed by atoms with van der Waals surface area (Å²) in [6.45, 7) is 3.68. The van der Waals surface area contributed by atoms with Crippen molar-refractivity contribution in [2.24, 2.45) is 0 Å². The first-order chi connectivity index (χ1) is 43.3. The minimum absolute atomic E-state index is 0.186. The van der Waals surface area contributed by atoms with E-state index in [2.05, 4.69) is 116 Å². The smallest absolute Gasteiger partial charge is 0.220 e. The maximum absolute atomic E-state index is 13.1. The van der Waals surface area contributed by atoms with E-state index in [1.54, 1.807) is 6.08 Å². The summed E-state index contributed by atoms with van der Waals surface area (Å²) in [5.74, 6) is -0.186. The second-order valence-electron chi connectivity index (χ2n) is 25.3. The van der Waals surface area contributed by atoms with Crippen molar-refractivity contribution < 1.29 is 39.8 Å². The van der Waals surface area contributed by atoms with Crippen LogP contribution in [0, 0.1) is 0 Å². The van der Waals surface area contributed by atoms with Gasteiger partial charge in [0.15, 0.2) is 6.29 Å². The Morgan fingerprint density at radius 2 is 0.716 bits per heavy atom. The van der Waals surface area contributed by atoms with Gasteiger partial charge in [-0.1, -0.05) is 342 Å². The molecule has 88 heavy (non-hydrogen) atoms. The number of hydrogen-bond donors (Lipinski definition) is 6. The van der Waals surface area contributed by atoms with E-state index in [-0.39, 0.29) is 12.5 Å². The van der Waals surface area contributed by atoms with Crippen LogP contribution in [0.1, 0.15) is 328 Å². The van der Waals surface area contributed by atoms with Crippen LogP contribution in [0.15, 0.2) is 109 Å². The summed E-state index contributed by atoms with van der Waals surface area (Å²) in [6.07, 6.45) is 92.1. The summed E-state index contributed by atoms with van der Waals surface area (Å²) < 4.78 is 11.3. The Hall–Kier alpha value is -3.15. The minimum Gasteiger partial charge on any atom is -0.394 e. The van der Waals surface area contributed by atoms with Gasteiger partial charge < -0.3 is 40.3 Å². The molecule has 0 aromatic rings. The highest BCUT2D eigenvalue weighted by molar-refractivity contribution is 5.76. The second kappa shape index (κ2) is 66.8. The van der Waals surface area contributed by atoms with E-state index in [0.717, 1.165) is 83.5 Å². The van der Waals surface area contributed by atoms with Crippen molar-refractivity contribution in [3.63, 3.8) is 0 Å². The van der Waals surface area contributed by atoms with Crippen molar-refractivity contribution in [3.05, 3.63) is 109 Å². The Morgan fingerprint density at radius 1 is 0.398 bits per heavy atom. The van der Waals surface area contributed by atoms with Crippen molar-refractivity contribution >= 4 is 5.91 Å². The molecule has 9 nitrogen and oxygen atoms in total. The molecule has 1 aliphatic heterocycles. The van der Waals surface area contributed by atoms with Crippen LogP contribution in [0.2, 0.25) is 0 Å². The quantitative estimate of drug-likeness (QED) is 0.0261. The van der Waals surface area contributed by atoms with Gasteiger partial charge >= 0.3 is 0 Å². The van der Waals surface area contributed by atoms with Crippen LogP contribution in [0.3, 0.4) is 0 Å². The zero-order chi connectivity index (χ0) is 63.5. The van der Waals surface area contributed by atoms with E-state index < -0.39 is 49.5 Å². The number of carbonyl (C=O) groups is 1. The van der Waals surface area contributed by atoms with Crippen LogP contribution in [0.5, 0.6) is 0 Å². The zero-order valence-corrected chi connectivity index (χ0v) is 57.0. The highest BCUT2D eigenvalue weighted by Gasteiger charge is 2.44. The van der Waals surface area contributed by atoms with Crippen LogP contribution in [-0.2, 0) is 14.3 Å². The Balaban J connectivity index is 2.13. The first-order valence-corrected chi connectivity index (χ1v) is 37.1. The number of hydrogen-bond acceptors (Lipinski definition) is 8. The molecule has 0 bridgehead atoms. The Morgan fingerprint density at radius 3 is 1.09 bits per heavy atom. The molecule has 1 saturated heterocycles. The lowest BCUT2D eigenvalue weighted by atomic mass is 9.99. The van der Waals surface area contributed by atoms with Crippen molar-refractivity contribution in [2.45, 2.75) is 371 Å². The van der Waals surface area contributed by atoms with E-state index >= 15 is 0 Å². The fourth-order valence-electron chi connectivity index (χ4n) is 11.3. The van der Waals surface area contributed by atoms with Crippen molar-refractivity contribution in [2.75, 3.05) is 13.2 Å². The van der Waals surface area contributed by atoms with Gasteiger partial charge in [-0.25, -0.2) is 0 Å². The fourth-order valence-corrected chi connectivity index (χ4v) is 11.3. The largest absolute Gasteiger partial charge is 0.394 e. The van der Waals surface area contributed by atoms with Gasteiger partial charge in [0.1, 0.15) is 24.4 Å². The van der Waals surface area contributed by atoms with Gasteiger partial charge in [-0.05, 0) is 89.9 Å². The third-order valence-corrected chi connectivity index (χ3v) is 17.1. The molecule has 1 rings (SSSR count). The molecular formula is C79H139NO8. The van der Waals surface area contributed by atoms with Crippen LogP contribution >= 0.6 is 0 Å². The summed E-state index contributed by atoms with van der Waals surface area (Å²) in [6, 6.07) is -0.829. The van der Waals surface area contributed by atoms with Crippen molar-refractivity contribution in [1.82, 2.24) is 5.32 Å². The summed E-state index contributed by atoms with van der Waals surface area (Å²) in [5.41, 5.74) is 0. The van der Waals surface area contributed by atoms with Gasteiger partial charge in [-0.2, -0.15) is 0 Å². The first-order valence-electron chi connectivity index (χ1n) is 37.1. The molecule has 0 aromatic heterocycles. The van der Waals surface area contributed by atoms with E-state index in [1.165, 1.54) is 225 Å². The molecule has 508 valence electrons. The summed E-state index contributed by atoms with van der Waals surface area (Å²) in [7, 11) is 0. The monoisotopic (exact) mass is 1230 g/mol. The predicted octanol–water partition coefficient (Wildman–Crippen LogP) is 20.8. The van der Waals surface area contributed by atoms with Gasteiger partial charge in [0.25, 0.3) is 0 Å². The third kappa shape index (κ3) is 54.6. The molecule has 0 radical (unpaired) electrons. The number of aliphatic hydroxyl groups excluding tert-OH is 5. The minimum atomic E-state index is -1.58. The molecule has 0 aliphatic carbocycles. The average molecular weight is 1230 g/mol. The van der Waals surface area contributed by atoms with Gasteiger partial charge in [-0.15, -0.1) is 0 Å². The van der Waals surface area contributed by atoms with E-state index in [9.17, 15) is 30.3 Å². The molecule has 0 spiro atoms. The van der Waals surface area contributed by atoms with Gasteiger partial charge in [0, 0.05) is 6.42 Å². The topological polar surface area (TPSA) is 149 Å². The molecule has 6 N–H and O–H groups in total. The molecule has 1 amide bonds. The molecule has 1 aliphatic rings. The van der Waals surface area contributed by atoms with Crippen molar-refractivity contribution in [1.29, 1.82) is 0 Å². The van der Waals surface area contributed by atoms with Gasteiger partial charge in [-0.3, -0.25) is 4.79 Å². The maximum Gasteiger partial charge on any atom is 0.220 e. The molecule has 1 fully saturated rings. The van der Waals surface area contributed by atoms with Crippen molar-refractivity contribution in [3.8, 4) is 0 Å². The molecule has 0 saturated carbocycles. The molecule has 7 atom stereocenters.